The molecule has 3 heterocycles. The van der Waals surface area contributed by atoms with Gasteiger partial charge in [-0.05, 0) is 47.7 Å². The lowest BCUT2D eigenvalue weighted by atomic mass is 10.2. The number of aromatic nitrogens is 3. The molecule has 0 atom stereocenters. The smallest absolute Gasteiger partial charge is 0.272 e. The number of sulfonamides is 1. The number of rotatable bonds is 7. The van der Waals surface area contributed by atoms with Crippen LogP contribution in [0.3, 0.4) is 0 Å². The molecule has 0 aliphatic carbocycles. The lowest BCUT2D eigenvalue weighted by molar-refractivity contribution is 0.603. The second kappa shape index (κ2) is 7.58. The quantitative estimate of drug-likeness (QED) is 0.682. The average Bonchev–Trinajstić information content (AvgIpc) is 3.17. The molecule has 0 spiro atoms. The van der Waals surface area contributed by atoms with Gasteiger partial charge in [-0.3, -0.25) is 9.71 Å². The van der Waals surface area contributed by atoms with Gasteiger partial charge in [0.25, 0.3) is 10.0 Å². The molecule has 0 bridgehead atoms. The molecule has 3 aromatic heterocycles. The molecule has 3 rings (SSSR count). The van der Waals surface area contributed by atoms with Crippen LogP contribution >= 0.6 is 11.3 Å². The lowest BCUT2D eigenvalue weighted by Gasteiger charge is -2.17. The van der Waals surface area contributed by atoms with E-state index in [9.17, 15) is 8.42 Å². The zero-order chi connectivity index (χ0) is 17.7. The maximum atomic E-state index is 12.2. The van der Waals surface area contributed by atoms with E-state index in [2.05, 4.69) is 19.9 Å². The Morgan fingerprint density at radius 2 is 1.92 bits per heavy atom. The number of thiophene rings is 1. The van der Waals surface area contributed by atoms with Crippen molar-refractivity contribution in [1.82, 2.24) is 15.2 Å². The Balaban J connectivity index is 1.62. The molecule has 0 aromatic carbocycles. The highest BCUT2D eigenvalue weighted by Crippen LogP contribution is 2.19. The maximum absolute atomic E-state index is 12.2. The van der Waals surface area contributed by atoms with Crippen LogP contribution in [0.4, 0.5) is 11.6 Å². The number of nitrogens with one attached hydrogen (secondary N) is 1. The summed E-state index contributed by atoms with van der Waals surface area (Å²) in [6.07, 6.45) is 4.39. The van der Waals surface area contributed by atoms with Gasteiger partial charge in [0.1, 0.15) is 4.21 Å². The normalized spacial score (nSPS) is 11.2. The van der Waals surface area contributed by atoms with Gasteiger partial charge < -0.3 is 4.90 Å². The summed E-state index contributed by atoms with van der Waals surface area (Å²) in [5.74, 6) is 0.868. The zero-order valence-corrected chi connectivity index (χ0v) is 15.2. The van der Waals surface area contributed by atoms with E-state index in [1.807, 2.05) is 24.1 Å². The summed E-state index contributed by atoms with van der Waals surface area (Å²) in [6.45, 7) is 0.763. The van der Waals surface area contributed by atoms with Gasteiger partial charge >= 0.3 is 0 Å². The number of nitrogens with zero attached hydrogens (tertiary/aromatic N) is 4. The minimum atomic E-state index is -3.60. The molecule has 130 valence electrons. The first-order chi connectivity index (χ1) is 12.0. The monoisotopic (exact) mass is 375 g/mol. The van der Waals surface area contributed by atoms with Crippen LogP contribution in [0.15, 0.2) is 58.4 Å². The van der Waals surface area contributed by atoms with Gasteiger partial charge in [0.2, 0.25) is 0 Å². The SMILES string of the molecule is CN(CCc1ccncc1)c1ccc(NS(=O)(=O)c2cccs2)nn1. The Hall–Kier alpha value is -2.52. The number of hydrogen-bond donors (Lipinski definition) is 1. The molecule has 0 amide bonds. The van der Waals surface area contributed by atoms with Gasteiger partial charge in [0, 0.05) is 26.0 Å². The molecule has 1 N–H and O–H groups in total. The Kier molecular flexibility index (Phi) is 5.25. The van der Waals surface area contributed by atoms with Crippen LogP contribution in [0.5, 0.6) is 0 Å². The molecule has 0 saturated heterocycles. The van der Waals surface area contributed by atoms with E-state index >= 15 is 0 Å². The van der Waals surface area contributed by atoms with Gasteiger partial charge in [-0.2, -0.15) is 0 Å². The van der Waals surface area contributed by atoms with Crippen LogP contribution in [0.1, 0.15) is 5.56 Å². The molecule has 0 aliphatic rings. The summed E-state index contributed by atoms with van der Waals surface area (Å²) < 4.78 is 27.0. The molecular weight excluding hydrogens is 358 g/mol. The third-order valence-corrected chi connectivity index (χ3v) is 6.28. The minimum absolute atomic E-state index is 0.194. The average molecular weight is 375 g/mol. The Labute approximate surface area is 150 Å². The second-order valence-electron chi connectivity index (χ2n) is 5.34. The van der Waals surface area contributed by atoms with E-state index in [4.69, 9.17) is 0 Å². The van der Waals surface area contributed by atoms with Gasteiger partial charge in [-0.15, -0.1) is 21.5 Å². The van der Waals surface area contributed by atoms with Crippen molar-refractivity contribution in [1.29, 1.82) is 0 Å². The van der Waals surface area contributed by atoms with Crippen LogP contribution < -0.4 is 9.62 Å². The second-order valence-corrected chi connectivity index (χ2v) is 8.20. The van der Waals surface area contributed by atoms with Crippen molar-refractivity contribution in [3.8, 4) is 0 Å². The summed E-state index contributed by atoms with van der Waals surface area (Å²) in [4.78, 5) is 5.96. The minimum Gasteiger partial charge on any atom is -0.358 e. The molecule has 0 unspecified atom stereocenters. The maximum Gasteiger partial charge on any atom is 0.272 e. The van der Waals surface area contributed by atoms with Crippen molar-refractivity contribution < 1.29 is 8.42 Å². The van der Waals surface area contributed by atoms with E-state index < -0.39 is 10.0 Å². The molecule has 0 radical (unpaired) electrons. The number of likely N-dealkylation sites (N-methyl/N-ethyl adjacent to an activating group) is 1. The van der Waals surface area contributed by atoms with E-state index in [1.165, 1.54) is 5.56 Å². The van der Waals surface area contributed by atoms with Crippen LogP contribution in [0.25, 0.3) is 0 Å². The molecule has 0 aliphatic heterocycles. The largest absolute Gasteiger partial charge is 0.358 e. The first-order valence-electron chi connectivity index (χ1n) is 7.55. The van der Waals surface area contributed by atoms with Gasteiger partial charge in [-0.1, -0.05) is 6.07 Å². The van der Waals surface area contributed by atoms with Crippen molar-refractivity contribution in [2.45, 2.75) is 10.6 Å². The number of pyridine rings is 1. The van der Waals surface area contributed by atoms with Gasteiger partial charge in [-0.25, -0.2) is 8.42 Å². The highest BCUT2D eigenvalue weighted by atomic mass is 32.2. The standard InChI is InChI=1S/C16H17N5O2S2/c1-21(11-8-13-6-9-17-10-7-13)15-5-4-14(18-19-15)20-25(22,23)16-3-2-12-24-16/h2-7,9-10,12H,8,11H2,1H3,(H,18,20). The molecule has 7 nitrogen and oxygen atoms in total. The highest BCUT2D eigenvalue weighted by molar-refractivity contribution is 7.94. The molecule has 25 heavy (non-hydrogen) atoms. The summed E-state index contributed by atoms with van der Waals surface area (Å²) >= 11 is 1.15. The third-order valence-electron chi connectivity index (χ3n) is 3.53. The predicted molar refractivity (Wildman–Crippen MR) is 98.4 cm³/mol. The van der Waals surface area contributed by atoms with E-state index in [-0.39, 0.29) is 10.0 Å². The first kappa shape index (κ1) is 17.3. The molecule has 3 aromatic rings. The molecule has 9 heteroatoms. The molecule has 0 saturated carbocycles. The van der Waals surface area contributed by atoms with Crippen LogP contribution in [0, 0.1) is 0 Å². The van der Waals surface area contributed by atoms with Crippen molar-refractivity contribution in [3.05, 3.63) is 59.7 Å². The van der Waals surface area contributed by atoms with Crippen LogP contribution in [-0.4, -0.2) is 37.2 Å². The first-order valence-corrected chi connectivity index (χ1v) is 9.91. The van der Waals surface area contributed by atoms with Crippen LogP contribution in [0.2, 0.25) is 0 Å². The summed E-state index contributed by atoms with van der Waals surface area (Å²) in [5.41, 5.74) is 1.19. The molecular formula is C16H17N5O2S2. The topological polar surface area (TPSA) is 88.1 Å². The predicted octanol–water partition coefficient (Wildman–Crippen LogP) is 2.41. The van der Waals surface area contributed by atoms with Gasteiger partial charge in [0.05, 0.1) is 0 Å². The molecule has 0 fully saturated rings. The van der Waals surface area contributed by atoms with E-state index in [0.29, 0.717) is 5.82 Å². The summed E-state index contributed by atoms with van der Waals surface area (Å²) in [6, 6.07) is 10.5. The van der Waals surface area contributed by atoms with Gasteiger partial charge in [0.15, 0.2) is 11.6 Å². The third kappa shape index (κ3) is 4.52. The Morgan fingerprint density at radius 1 is 1.12 bits per heavy atom. The zero-order valence-electron chi connectivity index (χ0n) is 13.5. The number of anilines is 2. The number of hydrogen-bond acceptors (Lipinski definition) is 7. The van der Waals surface area contributed by atoms with Crippen molar-refractivity contribution >= 4 is 33.0 Å². The fourth-order valence-electron chi connectivity index (χ4n) is 2.15. The lowest BCUT2D eigenvalue weighted by Crippen LogP contribution is -2.22. The van der Waals surface area contributed by atoms with Crippen molar-refractivity contribution in [2.24, 2.45) is 0 Å². The summed E-state index contributed by atoms with van der Waals surface area (Å²) in [5, 5.41) is 9.77. The summed E-state index contributed by atoms with van der Waals surface area (Å²) in [7, 11) is -1.69. The van der Waals surface area contributed by atoms with Crippen LogP contribution in [-0.2, 0) is 16.4 Å². The van der Waals surface area contributed by atoms with E-state index in [0.717, 1.165) is 24.3 Å². The fraction of sp³-hybridized carbons (Fsp3) is 0.188. The Morgan fingerprint density at radius 3 is 2.56 bits per heavy atom. The highest BCUT2D eigenvalue weighted by Gasteiger charge is 2.16. The van der Waals surface area contributed by atoms with E-state index in [1.54, 1.807) is 42.0 Å². The van der Waals surface area contributed by atoms with Crippen molar-refractivity contribution in [3.63, 3.8) is 0 Å². The fourth-order valence-corrected chi connectivity index (χ4v) is 4.14. The Bertz CT molecular complexity index is 897. The van der Waals surface area contributed by atoms with Crippen molar-refractivity contribution in [2.75, 3.05) is 23.2 Å².